The first-order chi connectivity index (χ1) is 16.0. The number of hydrogen-bond donors (Lipinski definition) is 2. The quantitative estimate of drug-likeness (QED) is 0.152. The van der Waals surface area contributed by atoms with Crippen LogP contribution in [-0.4, -0.2) is 22.6 Å². The van der Waals surface area contributed by atoms with E-state index in [1.807, 2.05) is 42.5 Å². The summed E-state index contributed by atoms with van der Waals surface area (Å²) >= 11 is 7.57. The lowest BCUT2D eigenvalue weighted by Crippen LogP contribution is -2.34. The summed E-state index contributed by atoms with van der Waals surface area (Å²) in [6, 6.07) is 20.4. The molecule has 0 aliphatic heterocycles. The molecule has 4 aromatic rings. The van der Waals surface area contributed by atoms with Crippen LogP contribution in [0.3, 0.4) is 0 Å². The molecule has 0 radical (unpaired) electrons. The van der Waals surface area contributed by atoms with Gasteiger partial charge in [0.2, 0.25) is 5.89 Å². The number of anilines is 1. The highest BCUT2D eigenvalue weighted by atomic mass is 127. The molecule has 0 spiro atoms. The first kappa shape index (κ1) is 23.2. The third-order valence-electron chi connectivity index (χ3n) is 4.83. The Morgan fingerprint density at radius 3 is 2.70 bits per heavy atom. The fourth-order valence-electron chi connectivity index (χ4n) is 3.12. The predicted octanol–water partition coefficient (Wildman–Crippen LogP) is 6.41. The van der Waals surface area contributed by atoms with Crippen molar-refractivity contribution in [1.29, 1.82) is 0 Å². The van der Waals surface area contributed by atoms with Crippen molar-refractivity contribution in [3.05, 3.63) is 75.9 Å². The molecule has 3 aromatic carbocycles. The highest BCUT2D eigenvalue weighted by Gasteiger charge is 2.11. The second kappa shape index (κ2) is 10.8. The molecule has 6 nitrogen and oxygen atoms in total. The standard InChI is InChI=1S/C25H22IN3O3S/c1-2-3-13-31-20-10-7-16(8-11-20)23(30)29-25(33)27-19-9-12-22-21(15-19)28-24(32-22)17-5-4-6-18(26)14-17/h4-12,14-15H,2-3,13H2,1H3,(H2,27,29,30,33). The minimum atomic E-state index is -0.295. The van der Waals surface area contributed by atoms with E-state index < -0.39 is 0 Å². The van der Waals surface area contributed by atoms with E-state index in [9.17, 15) is 4.79 Å². The van der Waals surface area contributed by atoms with Gasteiger partial charge in [0, 0.05) is 20.4 Å². The molecule has 0 aliphatic rings. The SMILES string of the molecule is CCCCOc1ccc(C(=O)NC(=S)Nc2ccc3oc(-c4cccc(I)c4)nc3c2)cc1. The number of nitrogens with zero attached hydrogens (tertiary/aromatic N) is 1. The van der Waals surface area contributed by atoms with Crippen molar-refractivity contribution in [3.63, 3.8) is 0 Å². The lowest BCUT2D eigenvalue weighted by atomic mass is 10.2. The average Bonchev–Trinajstić information content (AvgIpc) is 3.23. The van der Waals surface area contributed by atoms with Crippen LogP contribution in [-0.2, 0) is 0 Å². The molecule has 0 unspecified atom stereocenters. The molecule has 1 heterocycles. The molecule has 8 heteroatoms. The number of benzene rings is 3. The van der Waals surface area contributed by atoms with Gasteiger partial charge in [0.1, 0.15) is 11.3 Å². The van der Waals surface area contributed by atoms with Crippen LogP contribution >= 0.6 is 34.8 Å². The Balaban J connectivity index is 1.38. The summed E-state index contributed by atoms with van der Waals surface area (Å²) in [7, 11) is 0. The van der Waals surface area contributed by atoms with E-state index in [2.05, 4.69) is 45.1 Å². The minimum absolute atomic E-state index is 0.198. The van der Waals surface area contributed by atoms with Crippen molar-refractivity contribution < 1.29 is 13.9 Å². The average molecular weight is 571 g/mol. The van der Waals surface area contributed by atoms with E-state index in [0.717, 1.165) is 27.7 Å². The Bertz CT molecular complexity index is 1290. The lowest BCUT2D eigenvalue weighted by Gasteiger charge is -2.10. The van der Waals surface area contributed by atoms with Crippen LogP contribution in [0.25, 0.3) is 22.6 Å². The van der Waals surface area contributed by atoms with E-state index in [0.29, 0.717) is 34.8 Å². The maximum atomic E-state index is 12.5. The summed E-state index contributed by atoms with van der Waals surface area (Å²) in [5, 5.41) is 5.93. The number of thiocarbonyl (C=S) groups is 1. The molecule has 0 fully saturated rings. The van der Waals surface area contributed by atoms with Gasteiger partial charge in [-0.2, -0.15) is 0 Å². The molecule has 2 N–H and O–H groups in total. The number of aromatic nitrogens is 1. The Morgan fingerprint density at radius 1 is 1.12 bits per heavy atom. The number of fused-ring (bicyclic) bond motifs is 1. The van der Waals surface area contributed by atoms with E-state index >= 15 is 0 Å². The molecule has 0 saturated carbocycles. The van der Waals surface area contributed by atoms with Gasteiger partial charge in [0.05, 0.1) is 6.61 Å². The number of ether oxygens (including phenoxy) is 1. The molecule has 0 bridgehead atoms. The number of unbranched alkanes of at least 4 members (excludes halogenated alkanes) is 1. The van der Waals surface area contributed by atoms with Crippen molar-refractivity contribution >= 4 is 62.6 Å². The molecule has 168 valence electrons. The van der Waals surface area contributed by atoms with Crippen LogP contribution < -0.4 is 15.4 Å². The van der Waals surface area contributed by atoms with E-state index in [1.165, 1.54) is 0 Å². The zero-order chi connectivity index (χ0) is 23.2. The fourth-order valence-corrected chi connectivity index (χ4v) is 3.88. The summed E-state index contributed by atoms with van der Waals surface area (Å²) < 4.78 is 12.6. The highest BCUT2D eigenvalue weighted by Crippen LogP contribution is 2.27. The number of halogens is 1. The normalized spacial score (nSPS) is 10.7. The molecular formula is C25H22IN3O3S. The van der Waals surface area contributed by atoms with Gasteiger partial charge in [-0.05, 0) is 102 Å². The van der Waals surface area contributed by atoms with Crippen molar-refractivity contribution in [3.8, 4) is 17.2 Å². The number of carbonyl (C=O) groups is 1. The summed E-state index contributed by atoms with van der Waals surface area (Å²) in [5.41, 5.74) is 3.48. The largest absolute Gasteiger partial charge is 0.494 e. The number of carbonyl (C=O) groups excluding carboxylic acids is 1. The van der Waals surface area contributed by atoms with Crippen molar-refractivity contribution in [2.45, 2.75) is 19.8 Å². The zero-order valence-electron chi connectivity index (χ0n) is 17.9. The monoisotopic (exact) mass is 571 g/mol. The van der Waals surface area contributed by atoms with Gasteiger partial charge >= 0.3 is 0 Å². The van der Waals surface area contributed by atoms with Gasteiger partial charge in [-0.25, -0.2) is 4.98 Å². The van der Waals surface area contributed by atoms with E-state index in [4.69, 9.17) is 21.4 Å². The van der Waals surface area contributed by atoms with Crippen molar-refractivity contribution in [2.75, 3.05) is 11.9 Å². The second-order valence-electron chi connectivity index (χ2n) is 7.35. The Kier molecular flexibility index (Phi) is 7.56. The molecule has 33 heavy (non-hydrogen) atoms. The smallest absolute Gasteiger partial charge is 0.257 e. The third-order valence-corrected chi connectivity index (χ3v) is 5.70. The van der Waals surface area contributed by atoms with E-state index in [-0.39, 0.29) is 11.0 Å². The molecule has 1 amide bonds. The lowest BCUT2D eigenvalue weighted by molar-refractivity contribution is 0.0977. The van der Waals surface area contributed by atoms with Crippen LogP contribution in [0.1, 0.15) is 30.1 Å². The Hall–Kier alpha value is -2.98. The molecule has 0 aliphatic carbocycles. The number of rotatable bonds is 7. The third kappa shape index (κ3) is 6.08. The predicted molar refractivity (Wildman–Crippen MR) is 143 cm³/mol. The minimum Gasteiger partial charge on any atom is -0.494 e. The number of nitrogens with one attached hydrogen (secondary N) is 2. The van der Waals surface area contributed by atoms with Crippen LogP contribution in [0.4, 0.5) is 5.69 Å². The van der Waals surface area contributed by atoms with Crippen LogP contribution in [0.5, 0.6) is 5.75 Å². The molecule has 1 aromatic heterocycles. The van der Waals surface area contributed by atoms with E-state index in [1.54, 1.807) is 24.3 Å². The van der Waals surface area contributed by atoms with Crippen molar-refractivity contribution in [1.82, 2.24) is 10.3 Å². The first-order valence-electron chi connectivity index (χ1n) is 10.5. The van der Waals surface area contributed by atoms with Crippen LogP contribution in [0, 0.1) is 3.57 Å². The topological polar surface area (TPSA) is 76.4 Å². The van der Waals surface area contributed by atoms with Gasteiger partial charge in [0.15, 0.2) is 10.7 Å². The maximum absolute atomic E-state index is 12.5. The highest BCUT2D eigenvalue weighted by molar-refractivity contribution is 14.1. The Morgan fingerprint density at radius 2 is 1.94 bits per heavy atom. The molecular weight excluding hydrogens is 549 g/mol. The summed E-state index contributed by atoms with van der Waals surface area (Å²) in [5.74, 6) is 1.00. The van der Waals surface area contributed by atoms with Gasteiger partial charge in [0.25, 0.3) is 5.91 Å². The van der Waals surface area contributed by atoms with Crippen LogP contribution in [0.2, 0.25) is 0 Å². The maximum Gasteiger partial charge on any atom is 0.257 e. The Labute approximate surface area is 210 Å². The molecule has 0 atom stereocenters. The second-order valence-corrected chi connectivity index (χ2v) is 9.00. The van der Waals surface area contributed by atoms with Gasteiger partial charge < -0.3 is 14.5 Å². The summed E-state index contributed by atoms with van der Waals surface area (Å²) in [4.78, 5) is 17.1. The molecule has 4 rings (SSSR count). The fraction of sp³-hybridized carbons (Fsp3) is 0.160. The zero-order valence-corrected chi connectivity index (χ0v) is 20.9. The van der Waals surface area contributed by atoms with Gasteiger partial charge in [-0.1, -0.05) is 19.4 Å². The van der Waals surface area contributed by atoms with Crippen molar-refractivity contribution in [2.24, 2.45) is 0 Å². The van der Waals surface area contributed by atoms with Crippen LogP contribution in [0.15, 0.2) is 71.1 Å². The number of oxazole rings is 1. The first-order valence-corrected chi connectivity index (χ1v) is 12.0. The number of hydrogen-bond acceptors (Lipinski definition) is 5. The summed E-state index contributed by atoms with van der Waals surface area (Å²) in [6.45, 7) is 2.78. The van der Waals surface area contributed by atoms with Gasteiger partial charge in [-0.3, -0.25) is 10.1 Å². The molecule has 0 saturated heterocycles. The summed E-state index contributed by atoms with van der Waals surface area (Å²) in [6.07, 6.45) is 2.07. The number of amides is 1. The van der Waals surface area contributed by atoms with Gasteiger partial charge in [-0.15, -0.1) is 0 Å².